The Labute approximate surface area is 127 Å². The number of carboxylic acid groups (broad SMARTS) is 1. The molecule has 1 aromatic carbocycles. The van der Waals surface area contributed by atoms with Crippen LogP contribution in [-0.4, -0.2) is 23.7 Å². The molecular formula is C17H27NO3. The maximum atomic E-state index is 11.1. The summed E-state index contributed by atoms with van der Waals surface area (Å²) in [6.07, 6.45) is 1.04. The van der Waals surface area contributed by atoms with Crippen LogP contribution in [0.15, 0.2) is 24.3 Å². The van der Waals surface area contributed by atoms with Crippen molar-refractivity contribution in [3.05, 3.63) is 29.8 Å². The Kier molecular flexibility index (Phi) is 7.23. The summed E-state index contributed by atoms with van der Waals surface area (Å²) in [5.41, 5.74) is 1.05. The Balaban J connectivity index is 2.45. The van der Waals surface area contributed by atoms with Gasteiger partial charge in [-0.1, -0.05) is 39.8 Å². The van der Waals surface area contributed by atoms with Crippen molar-refractivity contribution < 1.29 is 14.6 Å². The molecule has 1 atom stereocenters. The summed E-state index contributed by atoms with van der Waals surface area (Å²) in [5.74, 6) is 0.746. The largest absolute Gasteiger partial charge is 0.494 e. The van der Waals surface area contributed by atoms with Crippen molar-refractivity contribution in [2.75, 3.05) is 6.61 Å². The first-order valence-corrected chi connectivity index (χ1v) is 7.58. The predicted octanol–water partition coefficient (Wildman–Crippen LogP) is 3.31. The Morgan fingerprint density at radius 2 is 1.81 bits per heavy atom. The van der Waals surface area contributed by atoms with Crippen LogP contribution in [0, 0.1) is 11.8 Å². The van der Waals surface area contributed by atoms with E-state index in [0.29, 0.717) is 12.5 Å². The molecular weight excluding hydrogens is 266 g/mol. The van der Waals surface area contributed by atoms with E-state index in [1.807, 2.05) is 38.1 Å². The van der Waals surface area contributed by atoms with Crippen LogP contribution in [0.5, 0.6) is 5.75 Å². The Morgan fingerprint density at radius 1 is 1.19 bits per heavy atom. The third-order valence-electron chi connectivity index (χ3n) is 3.35. The van der Waals surface area contributed by atoms with Gasteiger partial charge >= 0.3 is 5.97 Å². The highest BCUT2D eigenvalue weighted by molar-refractivity contribution is 5.73. The standard InChI is InChI=1S/C17H27NO3/c1-12(2)9-10-21-15-7-5-14(6-8-15)11-18-16(13(3)4)17(19)20/h5-8,12-13,16,18H,9-11H2,1-4H3,(H,19,20). The molecule has 0 amide bonds. The van der Waals surface area contributed by atoms with Crippen LogP contribution in [0.4, 0.5) is 0 Å². The van der Waals surface area contributed by atoms with Crippen LogP contribution in [0.1, 0.15) is 39.7 Å². The van der Waals surface area contributed by atoms with Crippen LogP contribution in [-0.2, 0) is 11.3 Å². The van der Waals surface area contributed by atoms with Crippen molar-refractivity contribution in [2.24, 2.45) is 11.8 Å². The van der Waals surface area contributed by atoms with Crippen molar-refractivity contribution in [3.8, 4) is 5.75 Å². The molecule has 1 unspecified atom stereocenters. The fraction of sp³-hybridized carbons (Fsp3) is 0.588. The van der Waals surface area contributed by atoms with Gasteiger partial charge < -0.3 is 15.2 Å². The smallest absolute Gasteiger partial charge is 0.320 e. The third-order valence-corrected chi connectivity index (χ3v) is 3.35. The number of carboxylic acids is 1. The van der Waals surface area contributed by atoms with Crippen molar-refractivity contribution in [3.63, 3.8) is 0 Å². The van der Waals surface area contributed by atoms with E-state index in [2.05, 4.69) is 19.2 Å². The fourth-order valence-corrected chi connectivity index (χ4v) is 1.95. The molecule has 0 fully saturated rings. The van der Waals surface area contributed by atoms with Gasteiger partial charge in [0.15, 0.2) is 0 Å². The van der Waals surface area contributed by atoms with Gasteiger partial charge in [0.05, 0.1) is 6.61 Å². The minimum absolute atomic E-state index is 0.0566. The molecule has 118 valence electrons. The zero-order chi connectivity index (χ0) is 15.8. The van der Waals surface area contributed by atoms with Crippen LogP contribution >= 0.6 is 0 Å². The fourth-order valence-electron chi connectivity index (χ4n) is 1.95. The monoisotopic (exact) mass is 293 g/mol. The molecule has 0 spiro atoms. The van der Waals surface area contributed by atoms with E-state index in [9.17, 15) is 4.79 Å². The molecule has 2 N–H and O–H groups in total. The normalized spacial score (nSPS) is 12.7. The van der Waals surface area contributed by atoms with Gasteiger partial charge in [0.25, 0.3) is 0 Å². The lowest BCUT2D eigenvalue weighted by atomic mass is 10.0. The quantitative estimate of drug-likeness (QED) is 0.733. The predicted molar refractivity (Wildman–Crippen MR) is 84.5 cm³/mol. The highest BCUT2D eigenvalue weighted by Gasteiger charge is 2.20. The molecule has 0 aliphatic rings. The number of rotatable bonds is 9. The van der Waals surface area contributed by atoms with Gasteiger partial charge in [0.1, 0.15) is 11.8 Å². The minimum Gasteiger partial charge on any atom is -0.494 e. The average molecular weight is 293 g/mol. The van der Waals surface area contributed by atoms with Crippen molar-refractivity contribution >= 4 is 5.97 Å². The number of hydrogen-bond donors (Lipinski definition) is 2. The Morgan fingerprint density at radius 3 is 2.29 bits per heavy atom. The second-order valence-electron chi connectivity index (χ2n) is 6.12. The molecule has 0 radical (unpaired) electrons. The summed E-state index contributed by atoms with van der Waals surface area (Å²) in [6, 6.07) is 7.28. The molecule has 21 heavy (non-hydrogen) atoms. The Bertz CT molecular complexity index is 426. The van der Waals surface area contributed by atoms with E-state index in [1.165, 1.54) is 0 Å². The summed E-state index contributed by atoms with van der Waals surface area (Å²) >= 11 is 0. The lowest BCUT2D eigenvalue weighted by Gasteiger charge is -2.18. The van der Waals surface area contributed by atoms with Crippen LogP contribution in [0.2, 0.25) is 0 Å². The maximum absolute atomic E-state index is 11.1. The van der Waals surface area contributed by atoms with E-state index in [0.717, 1.165) is 24.3 Å². The van der Waals surface area contributed by atoms with E-state index >= 15 is 0 Å². The van der Waals surface area contributed by atoms with Gasteiger partial charge in [-0.2, -0.15) is 0 Å². The van der Waals surface area contributed by atoms with Crippen molar-refractivity contribution in [1.29, 1.82) is 0 Å². The van der Waals surface area contributed by atoms with Gasteiger partial charge in [-0.3, -0.25) is 4.79 Å². The third kappa shape index (κ3) is 6.63. The minimum atomic E-state index is -0.807. The molecule has 0 aliphatic carbocycles. The molecule has 1 aromatic rings. The number of aliphatic carboxylic acids is 1. The summed E-state index contributed by atoms with van der Waals surface area (Å²) in [7, 11) is 0. The van der Waals surface area contributed by atoms with E-state index in [4.69, 9.17) is 9.84 Å². The zero-order valence-corrected chi connectivity index (χ0v) is 13.4. The van der Waals surface area contributed by atoms with Gasteiger partial charge in [-0.15, -0.1) is 0 Å². The molecule has 0 heterocycles. The first-order valence-electron chi connectivity index (χ1n) is 7.58. The topological polar surface area (TPSA) is 58.6 Å². The van der Waals surface area contributed by atoms with E-state index < -0.39 is 12.0 Å². The number of ether oxygens (including phenoxy) is 1. The molecule has 4 nitrogen and oxygen atoms in total. The lowest BCUT2D eigenvalue weighted by Crippen LogP contribution is -2.40. The van der Waals surface area contributed by atoms with Crippen molar-refractivity contribution in [2.45, 2.75) is 46.7 Å². The molecule has 0 bridgehead atoms. The average Bonchev–Trinajstić information content (AvgIpc) is 2.39. The van der Waals surface area contributed by atoms with Crippen LogP contribution in [0.25, 0.3) is 0 Å². The SMILES string of the molecule is CC(C)CCOc1ccc(CNC(C(=O)O)C(C)C)cc1. The number of benzene rings is 1. The molecule has 0 saturated heterocycles. The van der Waals surface area contributed by atoms with Crippen LogP contribution < -0.4 is 10.1 Å². The zero-order valence-electron chi connectivity index (χ0n) is 13.4. The summed E-state index contributed by atoms with van der Waals surface area (Å²) in [4.78, 5) is 11.1. The highest BCUT2D eigenvalue weighted by atomic mass is 16.5. The van der Waals surface area contributed by atoms with Gasteiger partial charge in [-0.25, -0.2) is 0 Å². The van der Waals surface area contributed by atoms with Crippen LogP contribution in [0.3, 0.4) is 0 Å². The first kappa shape index (κ1) is 17.5. The number of carbonyl (C=O) groups is 1. The maximum Gasteiger partial charge on any atom is 0.320 e. The van der Waals surface area contributed by atoms with Crippen molar-refractivity contribution in [1.82, 2.24) is 5.32 Å². The second-order valence-corrected chi connectivity index (χ2v) is 6.12. The van der Waals surface area contributed by atoms with Gasteiger partial charge in [0.2, 0.25) is 0 Å². The van der Waals surface area contributed by atoms with Gasteiger partial charge in [-0.05, 0) is 36.0 Å². The molecule has 4 heteroatoms. The molecule has 0 aliphatic heterocycles. The first-order chi connectivity index (χ1) is 9.90. The lowest BCUT2D eigenvalue weighted by molar-refractivity contribution is -0.140. The highest BCUT2D eigenvalue weighted by Crippen LogP contribution is 2.14. The Hall–Kier alpha value is -1.55. The van der Waals surface area contributed by atoms with E-state index in [-0.39, 0.29) is 5.92 Å². The molecule has 0 aromatic heterocycles. The van der Waals surface area contributed by atoms with Gasteiger partial charge in [0, 0.05) is 6.54 Å². The summed E-state index contributed by atoms with van der Waals surface area (Å²) in [5, 5.41) is 12.2. The molecule has 0 saturated carbocycles. The molecule has 1 rings (SSSR count). The van der Waals surface area contributed by atoms with E-state index in [1.54, 1.807) is 0 Å². The number of hydrogen-bond acceptors (Lipinski definition) is 3. The number of nitrogens with one attached hydrogen (secondary N) is 1. The summed E-state index contributed by atoms with van der Waals surface area (Å²) < 4.78 is 5.66. The second kappa shape index (κ2) is 8.67. The summed E-state index contributed by atoms with van der Waals surface area (Å²) in [6.45, 7) is 9.41.